The van der Waals surface area contributed by atoms with Crippen molar-refractivity contribution in [1.82, 2.24) is 25.3 Å². The van der Waals surface area contributed by atoms with E-state index in [2.05, 4.69) is 20.8 Å². The first kappa shape index (κ1) is 22.1. The largest absolute Gasteiger partial charge is 0.494 e. The zero-order valence-electron chi connectivity index (χ0n) is 24.7. The number of carbonyl (C=O) groups is 2. The fourth-order valence-corrected chi connectivity index (χ4v) is 9.05. The summed E-state index contributed by atoms with van der Waals surface area (Å²) in [5.41, 5.74) is 2.75. The Morgan fingerprint density at radius 1 is 1.08 bits per heavy atom. The van der Waals surface area contributed by atoms with Crippen LogP contribution in [0, 0.1) is 5.92 Å². The van der Waals surface area contributed by atoms with Gasteiger partial charge in [-0.2, -0.15) is 5.10 Å². The summed E-state index contributed by atoms with van der Waals surface area (Å²) in [4.78, 5) is 25.2. The lowest BCUT2D eigenvalue weighted by Gasteiger charge is -2.17. The topological polar surface area (TPSA) is 140 Å². The van der Waals surface area contributed by atoms with Gasteiger partial charge in [0.25, 0.3) is 5.91 Å². The summed E-state index contributed by atoms with van der Waals surface area (Å²) < 4.78 is 44.0. The summed E-state index contributed by atoms with van der Waals surface area (Å²) in [6, 6.07) is 8.66. The molecular weight excluding hydrogens is 517 g/mol. The van der Waals surface area contributed by atoms with Crippen molar-refractivity contribution in [2.24, 2.45) is 13.0 Å². The van der Waals surface area contributed by atoms with Gasteiger partial charge in [0.1, 0.15) is 7.14 Å². The average Bonchev–Trinajstić information content (AvgIpc) is 3.79. The van der Waals surface area contributed by atoms with E-state index in [1.165, 1.54) is 13.2 Å². The molecule has 0 atom stereocenters. The van der Waals surface area contributed by atoms with Crippen LogP contribution >= 0.6 is 7.14 Å². The van der Waals surface area contributed by atoms with Crippen molar-refractivity contribution in [3.05, 3.63) is 36.0 Å². The predicted molar refractivity (Wildman–Crippen MR) is 149 cm³/mol. The van der Waals surface area contributed by atoms with Gasteiger partial charge in [-0.1, -0.05) is 6.07 Å². The van der Waals surface area contributed by atoms with Crippen LogP contribution in [0.15, 0.2) is 30.3 Å². The van der Waals surface area contributed by atoms with Gasteiger partial charge >= 0.3 is 0 Å². The summed E-state index contributed by atoms with van der Waals surface area (Å²) in [7, 11) is 0.750. The Labute approximate surface area is 230 Å². The number of anilines is 3. The zero-order valence-corrected chi connectivity index (χ0v) is 22.6. The molecule has 204 valence electrons. The molecule has 0 spiro atoms. The van der Waals surface area contributed by atoms with Crippen LogP contribution in [0.25, 0.3) is 11.3 Å². The zero-order chi connectivity index (χ0) is 29.8. The first-order valence-electron chi connectivity index (χ1n) is 14.6. The Hall–Kier alpha value is -3.72. The second kappa shape index (κ2) is 9.79. The molecule has 0 aliphatic heterocycles. The Balaban J connectivity index is 1.36. The maximum atomic E-state index is 14.2. The van der Waals surface area contributed by atoms with E-state index in [0.717, 1.165) is 44.0 Å². The smallest absolute Gasteiger partial charge is 0.273 e. The Bertz CT molecular complexity index is 1600. The number of amides is 2. The minimum atomic E-state index is -2.75. The maximum absolute atomic E-state index is 14.2. The maximum Gasteiger partial charge on any atom is 0.273 e. The molecule has 39 heavy (non-hydrogen) atoms. The van der Waals surface area contributed by atoms with Gasteiger partial charge in [-0.25, -0.2) is 0 Å². The van der Waals surface area contributed by atoms with Crippen LogP contribution in [0.5, 0.6) is 5.75 Å². The first-order chi connectivity index (χ1) is 20.0. The van der Waals surface area contributed by atoms with E-state index in [1.807, 2.05) is 24.5 Å². The number of ether oxygens (including phenoxy) is 1. The van der Waals surface area contributed by atoms with Gasteiger partial charge in [-0.3, -0.25) is 14.3 Å². The molecule has 3 saturated carbocycles. The molecule has 0 saturated heterocycles. The number of nitrogens with zero attached hydrogens (tertiary/aromatic N) is 4. The quantitative estimate of drug-likeness (QED) is 0.324. The number of rotatable bonds is 10. The van der Waals surface area contributed by atoms with E-state index in [0.29, 0.717) is 22.7 Å². The van der Waals surface area contributed by atoms with Gasteiger partial charge < -0.3 is 25.3 Å². The molecule has 2 amide bonds. The number of nitrogens with one attached hydrogen (secondary N) is 3. The summed E-state index contributed by atoms with van der Waals surface area (Å²) in [6.07, 6.45) is 5.52. The molecular formula is C27H32N7O4P. The van der Waals surface area contributed by atoms with Crippen LogP contribution in [0.2, 0.25) is 0 Å². The Morgan fingerprint density at radius 2 is 1.82 bits per heavy atom. The molecule has 0 bridgehead atoms. The van der Waals surface area contributed by atoms with E-state index in [1.54, 1.807) is 16.8 Å². The van der Waals surface area contributed by atoms with Gasteiger partial charge in [0, 0.05) is 47.0 Å². The lowest BCUT2D eigenvalue weighted by atomic mass is 10.1. The van der Waals surface area contributed by atoms with Crippen molar-refractivity contribution in [2.45, 2.75) is 49.8 Å². The van der Waals surface area contributed by atoms with Crippen LogP contribution in [-0.4, -0.2) is 57.2 Å². The second-order valence-electron chi connectivity index (χ2n) is 10.4. The van der Waals surface area contributed by atoms with E-state index in [-0.39, 0.29) is 40.3 Å². The number of aromatic nitrogens is 4. The van der Waals surface area contributed by atoms with E-state index in [4.69, 9.17) is 13.9 Å². The monoisotopic (exact) mass is 552 g/mol. The highest BCUT2D eigenvalue weighted by Gasteiger charge is 2.53. The molecule has 3 aliphatic rings. The van der Waals surface area contributed by atoms with E-state index < -0.39 is 20.0 Å². The summed E-state index contributed by atoms with van der Waals surface area (Å²) in [5.74, 6) is -0.741. The predicted octanol–water partition coefficient (Wildman–Crippen LogP) is 3.65. The molecule has 6 rings (SSSR count). The average molecular weight is 553 g/mol. The van der Waals surface area contributed by atoms with Crippen molar-refractivity contribution in [2.75, 3.05) is 24.7 Å². The Morgan fingerprint density at radius 3 is 2.46 bits per heavy atom. The van der Waals surface area contributed by atoms with Crippen LogP contribution in [0.3, 0.4) is 0 Å². The van der Waals surface area contributed by atoms with Gasteiger partial charge in [-0.05, 0) is 56.7 Å². The lowest BCUT2D eigenvalue weighted by molar-refractivity contribution is -0.117. The van der Waals surface area contributed by atoms with Gasteiger partial charge in [-0.15, -0.1) is 10.2 Å². The normalized spacial score (nSPS) is 18.5. The molecule has 2 heterocycles. The standard InChI is InChI=1S/C27H32N7O4P/c1-28-27(36)24-21(13-22(31-32-24)30-26(35)15-7-8-15)29-19-6-4-5-18(25(19)38-3)20-14-23(34(2)33-20)39(37,16-9-10-16)17-11-12-17/h4-6,13-17H,7-12H2,1-3H3,(H,28,36)(H2,29,30,31,35)/i1D3. The lowest BCUT2D eigenvalue weighted by Crippen LogP contribution is -2.22. The number of hydrogen-bond acceptors (Lipinski definition) is 8. The van der Waals surface area contributed by atoms with Gasteiger partial charge in [0.2, 0.25) is 5.91 Å². The van der Waals surface area contributed by atoms with Crippen molar-refractivity contribution < 1.29 is 23.0 Å². The third kappa shape index (κ3) is 4.80. The molecule has 3 fully saturated rings. The molecule has 3 aliphatic carbocycles. The third-order valence-corrected chi connectivity index (χ3v) is 11.8. The summed E-state index contributed by atoms with van der Waals surface area (Å²) in [6.45, 7) is -2.75. The molecule has 3 N–H and O–H groups in total. The van der Waals surface area contributed by atoms with Crippen molar-refractivity contribution in [3.63, 3.8) is 0 Å². The van der Waals surface area contributed by atoms with Gasteiger partial charge in [0.05, 0.1) is 29.6 Å². The van der Waals surface area contributed by atoms with Crippen LogP contribution in [0.4, 0.5) is 17.2 Å². The molecule has 1 aromatic carbocycles. The summed E-state index contributed by atoms with van der Waals surface area (Å²) >= 11 is 0. The number of methoxy groups -OCH3 is 1. The molecule has 12 heteroatoms. The number of para-hydroxylation sites is 1. The van der Waals surface area contributed by atoms with Crippen LogP contribution in [-0.2, 0) is 16.4 Å². The fraction of sp³-hybridized carbons (Fsp3) is 0.444. The van der Waals surface area contributed by atoms with Crippen molar-refractivity contribution >= 4 is 41.6 Å². The number of hydrogen-bond donors (Lipinski definition) is 3. The molecule has 0 unspecified atom stereocenters. The van der Waals surface area contributed by atoms with Gasteiger partial charge in [0.15, 0.2) is 17.3 Å². The highest BCUT2D eigenvalue weighted by atomic mass is 31.2. The molecule has 2 aromatic heterocycles. The number of carbonyl (C=O) groups excluding carboxylic acids is 2. The first-order valence-corrected chi connectivity index (χ1v) is 14.9. The second-order valence-corrected chi connectivity index (χ2v) is 13.7. The van der Waals surface area contributed by atoms with Crippen molar-refractivity contribution in [3.8, 4) is 17.0 Å². The Kier molecular flexibility index (Phi) is 5.55. The van der Waals surface area contributed by atoms with Crippen molar-refractivity contribution in [1.29, 1.82) is 0 Å². The molecule has 3 aromatic rings. The third-order valence-electron chi connectivity index (χ3n) is 7.48. The molecule has 11 nitrogen and oxygen atoms in total. The number of aryl methyl sites for hydroxylation is 1. The van der Waals surface area contributed by atoms with E-state index >= 15 is 0 Å². The fourth-order valence-electron chi connectivity index (χ4n) is 5.06. The number of benzene rings is 1. The summed E-state index contributed by atoms with van der Waals surface area (Å²) in [5, 5.41) is 20.3. The highest BCUT2D eigenvalue weighted by Crippen LogP contribution is 2.69. The van der Waals surface area contributed by atoms with Crippen LogP contribution in [0.1, 0.15) is 53.1 Å². The minimum Gasteiger partial charge on any atom is -0.494 e. The SMILES string of the molecule is [2H]C([2H])([2H])NC(=O)c1nnc(NC(=O)C2CC2)cc1Nc1cccc(-c2cc(P(=O)(C3CC3)C3CC3)n(C)n2)c1OC. The highest BCUT2D eigenvalue weighted by molar-refractivity contribution is 7.73. The van der Waals surface area contributed by atoms with Crippen LogP contribution < -0.4 is 26.1 Å². The van der Waals surface area contributed by atoms with E-state index in [9.17, 15) is 14.2 Å². The molecule has 0 radical (unpaired) electrons. The minimum absolute atomic E-state index is 0.0862.